The molecule has 0 aliphatic heterocycles. The van der Waals surface area contributed by atoms with E-state index in [1.54, 1.807) is 57.7 Å². The second kappa shape index (κ2) is 14.2. The highest BCUT2D eigenvalue weighted by Gasteiger charge is 2.27. The van der Waals surface area contributed by atoms with E-state index in [2.05, 4.69) is 81.4 Å². The van der Waals surface area contributed by atoms with Gasteiger partial charge in [-0.15, -0.1) is 45.3 Å². The van der Waals surface area contributed by atoms with Crippen molar-refractivity contribution in [3.63, 3.8) is 0 Å². The Hall–Kier alpha value is -6.36. The summed E-state index contributed by atoms with van der Waals surface area (Å²) in [6.45, 7) is 0. The van der Waals surface area contributed by atoms with Gasteiger partial charge in [-0.1, -0.05) is 24.3 Å². The van der Waals surface area contributed by atoms with Gasteiger partial charge in [0.25, 0.3) is 0 Å². The van der Waals surface area contributed by atoms with Gasteiger partial charge in [-0.2, -0.15) is 8.75 Å². The van der Waals surface area contributed by atoms with Crippen LogP contribution in [0.15, 0.2) is 108 Å². The topological polar surface area (TPSA) is 158 Å². The molecule has 0 aliphatic rings. The highest BCUT2D eigenvalue weighted by atomic mass is 32.1. The number of nitrogens with one attached hydrogen (secondary N) is 2. The number of thiophene rings is 4. The second-order valence-corrected chi connectivity index (χ2v) is 18.5. The van der Waals surface area contributed by atoms with E-state index < -0.39 is 11.9 Å². The number of carbonyl (C=O) groups is 2. The summed E-state index contributed by atoms with van der Waals surface area (Å²) in [6, 6.07) is 28.8. The number of hydrogen-bond donors (Lipinski definition) is 4. The van der Waals surface area contributed by atoms with Crippen LogP contribution < -0.4 is 0 Å². The van der Waals surface area contributed by atoms with E-state index in [9.17, 15) is 19.8 Å². The van der Waals surface area contributed by atoms with E-state index in [4.69, 9.17) is 18.7 Å². The summed E-state index contributed by atoms with van der Waals surface area (Å²) in [7, 11) is 0. The number of aromatic nitrogens is 6. The van der Waals surface area contributed by atoms with Gasteiger partial charge in [-0.25, -0.2) is 9.97 Å². The smallest absolute Gasteiger partial charge is 0.307 e. The predicted octanol–water partition coefficient (Wildman–Crippen LogP) is 12.1. The Balaban J connectivity index is 1.12. The van der Waals surface area contributed by atoms with Gasteiger partial charge < -0.3 is 20.2 Å². The van der Waals surface area contributed by atoms with Crippen LogP contribution in [0.4, 0.5) is 0 Å². The van der Waals surface area contributed by atoms with Gasteiger partial charge in [0.05, 0.1) is 34.3 Å². The van der Waals surface area contributed by atoms with Crippen molar-refractivity contribution < 1.29 is 19.8 Å². The Morgan fingerprint density at radius 1 is 0.542 bits per heavy atom. The lowest BCUT2D eigenvalue weighted by Gasteiger charge is -2.14. The fourth-order valence-corrected chi connectivity index (χ4v) is 11.8. The van der Waals surface area contributed by atoms with Crippen molar-refractivity contribution in [3.05, 3.63) is 119 Å². The maximum atomic E-state index is 11.6. The summed E-state index contributed by atoms with van der Waals surface area (Å²) >= 11 is 7.67. The monoisotopic (exact) mass is 862 g/mol. The molecule has 0 atom stereocenters. The van der Waals surface area contributed by atoms with Gasteiger partial charge in [0.15, 0.2) is 0 Å². The first-order valence-corrected chi connectivity index (χ1v) is 22.4. The van der Waals surface area contributed by atoms with Gasteiger partial charge in [-0.3, -0.25) is 9.59 Å². The van der Waals surface area contributed by atoms with E-state index in [0.29, 0.717) is 0 Å². The zero-order valence-electron chi connectivity index (χ0n) is 30.3. The van der Waals surface area contributed by atoms with Crippen LogP contribution in [0.3, 0.4) is 0 Å². The molecule has 59 heavy (non-hydrogen) atoms. The molecule has 0 radical (unpaired) electrons. The molecule has 8 heterocycles. The molecule has 0 spiro atoms. The molecule has 8 aromatic heterocycles. The van der Waals surface area contributed by atoms with Gasteiger partial charge >= 0.3 is 11.9 Å². The third-order valence-corrected chi connectivity index (χ3v) is 14.9. The molecule has 0 saturated heterocycles. The van der Waals surface area contributed by atoms with Crippen molar-refractivity contribution in [1.82, 2.24) is 28.7 Å². The number of nitrogens with zero attached hydrogens (tertiary/aromatic N) is 4. The van der Waals surface area contributed by atoms with Crippen LogP contribution in [0, 0.1) is 0 Å². The first kappa shape index (κ1) is 35.8. The molecule has 0 saturated carbocycles. The number of carboxylic acid groups (broad SMARTS) is 2. The average molecular weight is 863 g/mol. The second-order valence-electron chi connectivity index (χ2n) is 13.9. The molecule has 0 bridgehead atoms. The number of aliphatic carboxylic acids is 2. The Morgan fingerprint density at radius 3 is 1.42 bits per heavy atom. The van der Waals surface area contributed by atoms with Crippen molar-refractivity contribution in [3.8, 4) is 62.9 Å². The van der Waals surface area contributed by atoms with Crippen molar-refractivity contribution >= 4 is 113 Å². The maximum Gasteiger partial charge on any atom is 0.307 e. The normalized spacial score (nSPS) is 11.8. The summed E-state index contributed by atoms with van der Waals surface area (Å²) in [4.78, 5) is 46.7. The van der Waals surface area contributed by atoms with Gasteiger partial charge in [0.2, 0.25) is 0 Å². The van der Waals surface area contributed by atoms with E-state index in [0.717, 1.165) is 130 Å². The molecule has 15 heteroatoms. The fraction of sp³-hybridized carbons (Fsp3) is 0.0455. The molecule has 3 aromatic carbocycles. The van der Waals surface area contributed by atoms with Gasteiger partial charge in [-0.05, 0) is 93.7 Å². The van der Waals surface area contributed by atoms with Crippen LogP contribution in [0.25, 0.3) is 107 Å². The molecule has 4 N–H and O–H groups in total. The zero-order chi connectivity index (χ0) is 39.8. The molecule has 286 valence electrons. The number of fused-ring (bicyclic) bond motifs is 4. The minimum absolute atomic E-state index is 0.0629. The van der Waals surface area contributed by atoms with Crippen LogP contribution in [0.5, 0.6) is 0 Å². The minimum Gasteiger partial charge on any atom is -0.481 e. The van der Waals surface area contributed by atoms with Crippen LogP contribution in [-0.4, -0.2) is 50.8 Å². The fourth-order valence-electron chi connectivity index (χ4n) is 7.70. The highest BCUT2D eigenvalue weighted by molar-refractivity contribution is 7.19. The summed E-state index contributed by atoms with van der Waals surface area (Å²) in [5, 5.41) is 24.9. The van der Waals surface area contributed by atoms with E-state index in [-0.39, 0.29) is 12.8 Å². The summed E-state index contributed by atoms with van der Waals surface area (Å²) < 4.78 is 9.89. The summed E-state index contributed by atoms with van der Waals surface area (Å²) in [5.74, 6) is -1.75. The highest BCUT2D eigenvalue weighted by Crippen LogP contribution is 2.49. The van der Waals surface area contributed by atoms with E-state index in [1.165, 1.54) is 0 Å². The standard InChI is InChI=1S/C44H26N6O4S5/c51-35(52)17-23-19-45-27-7-5-21(15-25(23)27)29-9-11-31(57-29)37-41-42(48-40(34-4-2-14-56-34)39(47-41)33-3-1-13-55-33)38(44-43(37)49-59-50-44)32-12-10-30(58-32)22-6-8-28-26(16-22)24(20-46-28)18-36(53)54/h1-16,19-20,45-46H,17-18H2,(H,51,52)(H,53,54). The quantitative estimate of drug-likeness (QED) is 0.106. The van der Waals surface area contributed by atoms with E-state index in [1.807, 2.05) is 24.3 Å². The average Bonchev–Trinajstić information content (AvgIpc) is 4.09. The van der Waals surface area contributed by atoms with E-state index >= 15 is 0 Å². The number of rotatable bonds is 10. The van der Waals surface area contributed by atoms with Crippen molar-refractivity contribution in [2.45, 2.75) is 12.8 Å². The van der Waals surface area contributed by atoms with Crippen molar-refractivity contribution in [2.24, 2.45) is 0 Å². The Labute approximate surface area is 354 Å². The summed E-state index contributed by atoms with van der Waals surface area (Å²) in [5.41, 5.74) is 11.5. The Kier molecular flexibility index (Phi) is 8.60. The third kappa shape index (κ3) is 6.17. The molecular weight excluding hydrogens is 837 g/mol. The molecule has 11 aromatic rings. The lowest BCUT2D eigenvalue weighted by molar-refractivity contribution is -0.137. The molecule has 0 fully saturated rings. The SMILES string of the molecule is O=C(O)Cc1c[nH]c2ccc(-c3ccc(-c4c5nsnc5c(-c5ccc(-c6ccc7[nH]cc(CC(=O)O)c7c6)s5)c5nc(-c6cccs6)c(-c6cccs6)nc45)s3)cc12. The maximum absolute atomic E-state index is 11.6. The van der Waals surface area contributed by atoms with Gasteiger partial charge in [0.1, 0.15) is 33.5 Å². The largest absolute Gasteiger partial charge is 0.481 e. The lowest BCUT2D eigenvalue weighted by Crippen LogP contribution is -1.98. The zero-order valence-corrected chi connectivity index (χ0v) is 34.4. The van der Waals surface area contributed by atoms with Crippen LogP contribution >= 0.6 is 57.1 Å². The first-order chi connectivity index (χ1) is 28.9. The predicted molar refractivity (Wildman–Crippen MR) is 241 cm³/mol. The van der Waals surface area contributed by atoms with Crippen molar-refractivity contribution in [1.29, 1.82) is 0 Å². The molecule has 0 aliphatic carbocycles. The number of H-pyrrole nitrogens is 2. The van der Waals surface area contributed by atoms with Crippen LogP contribution in [-0.2, 0) is 22.4 Å². The molecule has 0 unspecified atom stereocenters. The van der Waals surface area contributed by atoms with Crippen molar-refractivity contribution in [2.75, 3.05) is 0 Å². The number of hydrogen-bond acceptors (Lipinski definition) is 11. The Bertz CT molecular complexity index is 3200. The lowest BCUT2D eigenvalue weighted by atomic mass is 10.0. The molecular formula is C44H26N6O4S5. The van der Waals surface area contributed by atoms with Crippen LogP contribution in [0.1, 0.15) is 11.1 Å². The minimum atomic E-state index is -0.875. The molecule has 0 amide bonds. The number of benzene rings is 3. The molecule has 11 rings (SSSR count). The number of aromatic amines is 2. The number of carboxylic acids is 2. The van der Waals surface area contributed by atoms with Crippen LogP contribution in [0.2, 0.25) is 0 Å². The summed E-state index contributed by atoms with van der Waals surface area (Å²) in [6.07, 6.45) is 3.41. The first-order valence-electron chi connectivity index (χ1n) is 18.3. The molecule has 10 nitrogen and oxygen atoms in total. The third-order valence-electron chi connectivity index (χ3n) is 10.3. The van der Waals surface area contributed by atoms with Gasteiger partial charge in [0, 0.05) is 64.8 Å². The Morgan fingerprint density at radius 2 is 1.00 bits per heavy atom.